The molecule has 2 aliphatic heterocycles. The Kier molecular flexibility index (Phi) is 4.65. The lowest BCUT2D eigenvalue weighted by atomic mass is 9.85. The molecule has 0 aromatic carbocycles. The van der Waals surface area contributed by atoms with E-state index in [1.165, 1.54) is 18.5 Å². The van der Waals surface area contributed by atoms with Crippen molar-refractivity contribution in [2.45, 2.75) is 69.9 Å². The molecule has 4 heteroatoms. The van der Waals surface area contributed by atoms with E-state index in [4.69, 9.17) is 4.74 Å². The second-order valence-electron chi connectivity index (χ2n) is 6.64. The zero-order valence-electron chi connectivity index (χ0n) is 13.5. The van der Waals surface area contributed by atoms with Crippen LogP contribution >= 0.6 is 0 Å². The van der Waals surface area contributed by atoms with Crippen molar-refractivity contribution in [1.82, 2.24) is 14.9 Å². The number of hydrogen-bond acceptors (Lipinski definition) is 3. The van der Waals surface area contributed by atoms with Gasteiger partial charge in [0.1, 0.15) is 0 Å². The van der Waals surface area contributed by atoms with Crippen molar-refractivity contribution in [2.75, 3.05) is 19.7 Å². The molecule has 1 atom stereocenters. The molecular weight excluding hydrogens is 262 g/mol. The summed E-state index contributed by atoms with van der Waals surface area (Å²) in [6.45, 7) is 7.67. The fraction of sp³-hybridized carbons (Fsp3) is 0.824. The molecule has 21 heavy (non-hydrogen) atoms. The molecular formula is C17H29N3O. The number of hydrogen-bond donors (Lipinski definition) is 1. The quantitative estimate of drug-likeness (QED) is 0.925. The third-order valence-corrected chi connectivity index (χ3v) is 5.60. The third-order valence-electron chi connectivity index (χ3n) is 5.60. The number of piperidine rings is 1. The molecule has 1 aromatic rings. The summed E-state index contributed by atoms with van der Waals surface area (Å²) in [5.74, 6) is 0.675. The summed E-state index contributed by atoms with van der Waals surface area (Å²) in [5, 5.41) is 3.46. The van der Waals surface area contributed by atoms with Gasteiger partial charge in [-0.15, -0.1) is 0 Å². The predicted molar refractivity (Wildman–Crippen MR) is 84.6 cm³/mol. The van der Waals surface area contributed by atoms with Crippen molar-refractivity contribution in [3.05, 3.63) is 18.2 Å². The predicted octanol–water partition coefficient (Wildman–Crippen LogP) is 3.26. The Morgan fingerprint density at radius 3 is 2.76 bits per heavy atom. The molecule has 0 amide bonds. The normalized spacial score (nSPS) is 26.9. The molecule has 0 radical (unpaired) electrons. The molecule has 3 rings (SSSR count). The highest BCUT2D eigenvalue weighted by Gasteiger charge is 2.36. The van der Waals surface area contributed by atoms with E-state index >= 15 is 0 Å². The Labute approximate surface area is 128 Å². The zero-order chi connectivity index (χ0) is 14.7. The highest BCUT2D eigenvalue weighted by atomic mass is 16.5. The van der Waals surface area contributed by atoms with E-state index in [0.717, 1.165) is 45.4 Å². The average Bonchev–Trinajstić information content (AvgIpc) is 3.05. The summed E-state index contributed by atoms with van der Waals surface area (Å²) in [6, 6.07) is 0.561. The van der Waals surface area contributed by atoms with Gasteiger partial charge in [-0.3, -0.25) is 0 Å². The summed E-state index contributed by atoms with van der Waals surface area (Å²) >= 11 is 0. The fourth-order valence-corrected chi connectivity index (χ4v) is 4.04. The molecule has 3 heterocycles. The third kappa shape index (κ3) is 3.02. The Morgan fingerprint density at radius 2 is 2.05 bits per heavy atom. The van der Waals surface area contributed by atoms with E-state index in [1.807, 2.05) is 0 Å². The molecule has 1 N–H and O–H groups in total. The van der Waals surface area contributed by atoms with Gasteiger partial charge in [-0.2, -0.15) is 0 Å². The van der Waals surface area contributed by atoms with Crippen LogP contribution in [0, 0.1) is 0 Å². The highest BCUT2D eigenvalue weighted by molar-refractivity contribution is 5.10. The number of ether oxygens (including phenoxy) is 1. The van der Waals surface area contributed by atoms with Gasteiger partial charge < -0.3 is 14.6 Å². The SMILES string of the molecule is CCC1(CC)CC(n2cncc2C2CCNCC2)CCO1. The molecule has 1 aromatic heterocycles. The van der Waals surface area contributed by atoms with Crippen LogP contribution in [-0.2, 0) is 4.74 Å². The van der Waals surface area contributed by atoms with E-state index in [1.54, 1.807) is 0 Å². The summed E-state index contributed by atoms with van der Waals surface area (Å²) in [4.78, 5) is 4.47. The molecule has 0 aliphatic carbocycles. The first-order chi connectivity index (χ1) is 10.3. The lowest BCUT2D eigenvalue weighted by molar-refractivity contribution is -0.0990. The van der Waals surface area contributed by atoms with Crippen molar-refractivity contribution in [3.8, 4) is 0 Å². The Hall–Kier alpha value is -0.870. The van der Waals surface area contributed by atoms with E-state index in [9.17, 15) is 0 Å². The van der Waals surface area contributed by atoms with Crippen LogP contribution in [-0.4, -0.2) is 34.8 Å². The van der Waals surface area contributed by atoms with Crippen molar-refractivity contribution in [2.24, 2.45) is 0 Å². The summed E-state index contributed by atoms with van der Waals surface area (Å²) in [6.07, 6.45) is 11.1. The van der Waals surface area contributed by atoms with Gasteiger partial charge in [0.05, 0.1) is 11.9 Å². The lowest BCUT2D eigenvalue weighted by Crippen LogP contribution is -2.40. The second-order valence-corrected chi connectivity index (χ2v) is 6.64. The average molecular weight is 291 g/mol. The van der Waals surface area contributed by atoms with Crippen LogP contribution in [0.5, 0.6) is 0 Å². The summed E-state index contributed by atoms with van der Waals surface area (Å²) in [7, 11) is 0. The Bertz CT molecular complexity index is 447. The van der Waals surface area contributed by atoms with E-state index in [0.29, 0.717) is 12.0 Å². The van der Waals surface area contributed by atoms with Gasteiger partial charge in [-0.25, -0.2) is 4.98 Å². The maximum absolute atomic E-state index is 6.13. The summed E-state index contributed by atoms with van der Waals surface area (Å²) in [5.41, 5.74) is 1.53. The molecule has 2 fully saturated rings. The summed E-state index contributed by atoms with van der Waals surface area (Å²) < 4.78 is 8.60. The first-order valence-corrected chi connectivity index (χ1v) is 8.64. The number of imidazole rings is 1. The van der Waals surface area contributed by atoms with Crippen molar-refractivity contribution >= 4 is 0 Å². The molecule has 118 valence electrons. The van der Waals surface area contributed by atoms with Crippen molar-refractivity contribution in [3.63, 3.8) is 0 Å². The minimum absolute atomic E-state index is 0.0819. The van der Waals surface area contributed by atoms with Gasteiger partial charge in [-0.1, -0.05) is 13.8 Å². The molecule has 2 aliphatic rings. The minimum Gasteiger partial charge on any atom is -0.375 e. The molecule has 4 nitrogen and oxygen atoms in total. The van der Waals surface area contributed by atoms with Gasteiger partial charge in [0.25, 0.3) is 0 Å². The number of nitrogens with one attached hydrogen (secondary N) is 1. The number of nitrogens with zero attached hydrogens (tertiary/aromatic N) is 2. The van der Waals surface area contributed by atoms with E-state index in [2.05, 4.69) is 41.2 Å². The number of rotatable bonds is 4. The topological polar surface area (TPSA) is 39.1 Å². The van der Waals surface area contributed by atoms with Crippen LogP contribution in [0.15, 0.2) is 12.5 Å². The van der Waals surface area contributed by atoms with Crippen LogP contribution in [0.4, 0.5) is 0 Å². The zero-order valence-corrected chi connectivity index (χ0v) is 13.5. The van der Waals surface area contributed by atoms with Crippen LogP contribution < -0.4 is 5.32 Å². The van der Waals surface area contributed by atoms with Crippen molar-refractivity contribution in [1.29, 1.82) is 0 Å². The second kappa shape index (κ2) is 6.49. The molecule has 0 saturated carbocycles. The first kappa shape index (κ1) is 15.0. The molecule has 2 saturated heterocycles. The fourth-order valence-electron chi connectivity index (χ4n) is 4.04. The Morgan fingerprint density at radius 1 is 1.29 bits per heavy atom. The Balaban J connectivity index is 1.79. The minimum atomic E-state index is 0.0819. The highest BCUT2D eigenvalue weighted by Crippen LogP contribution is 2.39. The van der Waals surface area contributed by atoms with Crippen LogP contribution in [0.2, 0.25) is 0 Å². The maximum Gasteiger partial charge on any atom is 0.0950 e. The van der Waals surface area contributed by atoms with E-state index in [-0.39, 0.29) is 5.60 Å². The number of aromatic nitrogens is 2. The van der Waals surface area contributed by atoms with Gasteiger partial charge in [0, 0.05) is 30.5 Å². The monoisotopic (exact) mass is 291 g/mol. The van der Waals surface area contributed by atoms with Crippen LogP contribution in [0.1, 0.15) is 70.0 Å². The molecule has 0 spiro atoms. The molecule has 1 unspecified atom stereocenters. The van der Waals surface area contributed by atoms with Gasteiger partial charge in [0.15, 0.2) is 0 Å². The lowest BCUT2D eigenvalue weighted by Gasteiger charge is -2.41. The van der Waals surface area contributed by atoms with Crippen LogP contribution in [0.25, 0.3) is 0 Å². The van der Waals surface area contributed by atoms with Crippen LogP contribution in [0.3, 0.4) is 0 Å². The maximum atomic E-state index is 6.13. The smallest absolute Gasteiger partial charge is 0.0950 e. The molecule has 0 bridgehead atoms. The van der Waals surface area contributed by atoms with Crippen molar-refractivity contribution < 1.29 is 4.74 Å². The van der Waals surface area contributed by atoms with Gasteiger partial charge >= 0.3 is 0 Å². The largest absolute Gasteiger partial charge is 0.375 e. The van der Waals surface area contributed by atoms with Gasteiger partial charge in [0.2, 0.25) is 0 Å². The first-order valence-electron chi connectivity index (χ1n) is 8.64. The standard InChI is InChI=1S/C17H29N3O/c1-3-17(4-2)11-15(7-10-21-17)20-13-19-12-16(20)14-5-8-18-9-6-14/h12-15,18H,3-11H2,1-2H3. The van der Waals surface area contributed by atoms with Gasteiger partial charge in [-0.05, 0) is 51.6 Å². The van der Waals surface area contributed by atoms with E-state index < -0.39 is 0 Å².